The Kier molecular flexibility index (Phi) is 7.43. The molecule has 0 unspecified atom stereocenters. The van der Waals surface area contributed by atoms with Crippen molar-refractivity contribution in [3.63, 3.8) is 0 Å². The third-order valence-corrected chi connectivity index (χ3v) is 2.43. The second-order valence-corrected chi connectivity index (χ2v) is 3.77. The molecule has 1 aromatic carbocycles. The highest BCUT2D eigenvalue weighted by atomic mass is 16.5. The summed E-state index contributed by atoms with van der Waals surface area (Å²) in [5.41, 5.74) is 1.21. The maximum absolute atomic E-state index is 5.57. The molecule has 0 amide bonds. The second-order valence-electron chi connectivity index (χ2n) is 3.77. The van der Waals surface area contributed by atoms with Crippen LogP contribution in [0.15, 0.2) is 24.3 Å². The van der Waals surface area contributed by atoms with Crippen LogP contribution in [0.3, 0.4) is 0 Å². The number of hydrogen-bond acceptors (Lipinski definition) is 3. The van der Waals surface area contributed by atoms with Gasteiger partial charge < -0.3 is 14.8 Å². The predicted molar refractivity (Wildman–Crippen MR) is 70.4 cm³/mol. The van der Waals surface area contributed by atoms with Gasteiger partial charge in [-0.25, -0.2) is 0 Å². The summed E-state index contributed by atoms with van der Waals surface area (Å²) in [6.45, 7) is 8.19. The molecule has 0 aromatic heterocycles. The first-order valence-corrected chi connectivity index (χ1v) is 6.37. The summed E-state index contributed by atoms with van der Waals surface area (Å²) in [4.78, 5) is 0. The van der Waals surface area contributed by atoms with Crippen molar-refractivity contribution in [3.05, 3.63) is 29.8 Å². The van der Waals surface area contributed by atoms with E-state index in [2.05, 4.69) is 11.4 Å². The van der Waals surface area contributed by atoms with Crippen LogP contribution in [0.5, 0.6) is 5.75 Å². The Morgan fingerprint density at radius 2 is 1.94 bits per heavy atom. The number of rotatable bonds is 9. The Balaban J connectivity index is 2.25. The summed E-state index contributed by atoms with van der Waals surface area (Å²) in [5.74, 6) is 0.979. The Labute approximate surface area is 104 Å². The van der Waals surface area contributed by atoms with E-state index in [0.717, 1.165) is 38.5 Å². The van der Waals surface area contributed by atoms with Gasteiger partial charge in [-0.2, -0.15) is 0 Å². The van der Waals surface area contributed by atoms with Crippen molar-refractivity contribution in [1.82, 2.24) is 5.32 Å². The Morgan fingerprint density at radius 3 is 2.71 bits per heavy atom. The lowest BCUT2D eigenvalue weighted by Gasteiger charge is -2.10. The van der Waals surface area contributed by atoms with Crippen molar-refractivity contribution in [2.45, 2.75) is 26.8 Å². The molecule has 0 aliphatic carbocycles. The molecule has 0 bridgehead atoms. The van der Waals surface area contributed by atoms with Gasteiger partial charge in [0.2, 0.25) is 0 Å². The molecule has 17 heavy (non-hydrogen) atoms. The van der Waals surface area contributed by atoms with Crippen molar-refractivity contribution in [1.29, 1.82) is 0 Å². The highest BCUT2D eigenvalue weighted by molar-refractivity contribution is 5.33. The summed E-state index contributed by atoms with van der Waals surface area (Å²) in [5, 5.41) is 3.40. The Bertz CT molecular complexity index is 302. The van der Waals surface area contributed by atoms with Crippen LogP contribution in [0.2, 0.25) is 0 Å². The Hall–Kier alpha value is -1.06. The van der Waals surface area contributed by atoms with Gasteiger partial charge in [0.05, 0.1) is 6.61 Å². The van der Waals surface area contributed by atoms with Crippen LogP contribution in [0.4, 0.5) is 0 Å². The lowest BCUT2D eigenvalue weighted by Crippen LogP contribution is -2.17. The lowest BCUT2D eigenvalue weighted by atomic mass is 10.2. The van der Waals surface area contributed by atoms with E-state index in [1.54, 1.807) is 0 Å². The normalized spacial score (nSPS) is 10.5. The largest absolute Gasteiger partial charge is 0.494 e. The van der Waals surface area contributed by atoms with Crippen LogP contribution in [0.25, 0.3) is 0 Å². The number of nitrogens with one attached hydrogen (secondary N) is 1. The molecule has 1 aromatic rings. The number of ether oxygens (including phenoxy) is 2. The number of para-hydroxylation sites is 1. The zero-order valence-corrected chi connectivity index (χ0v) is 10.9. The molecule has 0 aliphatic heterocycles. The average molecular weight is 237 g/mol. The maximum atomic E-state index is 5.57. The minimum Gasteiger partial charge on any atom is -0.494 e. The van der Waals surface area contributed by atoms with Gasteiger partial charge in [0, 0.05) is 25.3 Å². The van der Waals surface area contributed by atoms with E-state index in [0.29, 0.717) is 6.61 Å². The van der Waals surface area contributed by atoms with Crippen molar-refractivity contribution in [3.8, 4) is 5.75 Å². The molecule has 0 saturated heterocycles. The van der Waals surface area contributed by atoms with Gasteiger partial charge in [-0.05, 0) is 32.9 Å². The van der Waals surface area contributed by atoms with E-state index in [1.165, 1.54) is 5.56 Å². The van der Waals surface area contributed by atoms with E-state index in [4.69, 9.17) is 9.47 Å². The molecule has 0 atom stereocenters. The molecule has 0 heterocycles. The molecule has 0 radical (unpaired) electrons. The van der Waals surface area contributed by atoms with Gasteiger partial charge in [0.25, 0.3) is 0 Å². The lowest BCUT2D eigenvalue weighted by molar-refractivity contribution is 0.144. The first-order chi connectivity index (χ1) is 8.38. The molecule has 0 fully saturated rings. The number of benzene rings is 1. The zero-order chi connectivity index (χ0) is 12.3. The molecule has 3 heteroatoms. The first kappa shape index (κ1) is 14.0. The van der Waals surface area contributed by atoms with E-state index < -0.39 is 0 Å². The van der Waals surface area contributed by atoms with Gasteiger partial charge in [-0.3, -0.25) is 0 Å². The van der Waals surface area contributed by atoms with Crippen molar-refractivity contribution < 1.29 is 9.47 Å². The standard InChI is InChI=1S/C14H23NO2/c1-3-16-11-7-10-15-12-13-8-5-6-9-14(13)17-4-2/h5-6,8-9,15H,3-4,7,10-12H2,1-2H3. The molecular formula is C14H23NO2. The van der Waals surface area contributed by atoms with Gasteiger partial charge in [0.15, 0.2) is 0 Å². The van der Waals surface area contributed by atoms with Gasteiger partial charge in [-0.15, -0.1) is 0 Å². The average Bonchev–Trinajstić information content (AvgIpc) is 2.36. The molecular weight excluding hydrogens is 214 g/mol. The van der Waals surface area contributed by atoms with Crippen LogP contribution in [0, 0.1) is 0 Å². The predicted octanol–water partition coefficient (Wildman–Crippen LogP) is 2.60. The summed E-state index contributed by atoms with van der Waals surface area (Å²) >= 11 is 0. The quantitative estimate of drug-likeness (QED) is 0.670. The molecule has 0 spiro atoms. The number of hydrogen-bond donors (Lipinski definition) is 1. The molecule has 1 rings (SSSR count). The van der Waals surface area contributed by atoms with Gasteiger partial charge in [-0.1, -0.05) is 18.2 Å². The first-order valence-electron chi connectivity index (χ1n) is 6.37. The third kappa shape index (κ3) is 5.71. The van der Waals surface area contributed by atoms with E-state index >= 15 is 0 Å². The van der Waals surface area contributed by atoms with Crippen LogP contribution in [-0.4, -0.2) is 26.4 Å². The van der Waals surface area contributed by atoms with Gasteiger partial charge in [0.1, 0.15) is 5.75 Å². The van der Waals surface area contributed by atoms with Crippen LogP contribution < -0.4 is 10.1 Å². The fourth-order valence-electron chi connectivity index (χ4n) is 1.61. The summed E-state index contributed by atoms with van der Waals surface area (Å²) in [6, 6.07) is 8.16. The maximum Gasteiger partial charge on any atom is 0.123 e. The monoisotopic (exact) mass is 237 g/mol. The zero-order valence-electron chi connectivity index (χ0n) is 10.9. The van der Waals surface area contributed by atoms with Crippen LogP contribution in [-0.2, 0) is 11.3 Å². The van der Waals surface area contributed by atoms with Crippen molar-refractivity contribution in [2.24, 2.45) is 0 Å². The Morgan fingerprint density at radius 1 is 1.12 bits per heavy atom. The van der Waals surface area contributed by atoms with E-state index in [1.807, 2.05) is 32.0 Å². The van der Waals surface area contributed by atoms with E-state index in [9.17, 15) is 0 Å². The smallest absolute Gasteiger partial charge is 0.123 e. The fourth-order valence-corrected chi connectivity index (χ4v) is 1.61. The molecule has 96 valence electrons. The molecule has 3 nitrogen and oxygen atoms in total. The highest BCUT2D eigenvalue weighted by Gasteiger charge is 2.00. The summed E-state index contributed by atoms with van der Waals surface area (Å²) in [6.07, 6.45) is 1.05. The van der Waals surface area contributed by atoms with E-state index in [-0.39, 0.29) is 0 Å². The SMILES string of the molecule is CCOCCCNCc1ccccc1OCC. The van der Waals surface area contributed by atoms with Crippen LogP contribution in [0.1, 0.15) is 25.8 Å². The molecule has 1 N–H and O–H groups in total. The summed E-state index contributed by atoms with van der Waals surface area (Å²) in [7, 11) is 0. The van der Waals surface area contributed by atoms with Crippen molar-refractivity contribution in [2.75, 3.05) is 26.4 Å². The third-order valence-electron chi connectivity index (χ3n) is 2.43. The summed E-state index contributed by atoms with van der Waals surface area (Å²) < 4.78 is 10.9. The second kappa shape index (κ2) is 9.02. The molecule has 0 saturated carbocycles. The topological polar surface area (TPSA) is 30.5 Å². The van der Waals surface area contributed by atoms with Crippen molar-refractivity contribution >= 4 is 0 Å². The minimum atomic E-state index is 0.710. The minimum absolute atomic E-state index is 0.710. The highest BCUT2D eigenvalue weighted by Crippen LogP contribution is 2.17. The fraction of sp³-hybridized carbons (Fsp3) is 0.571. The van der Waals surface area contributed by atoms with Crippen LogP contribution >= 0.6 is 0 Å². The molecule has 0 aliphatic rings. The van der Waals surface area contributed by atoms with Gasteiger partial charge >= 0.3 is 0 Å².